The summed E-state index contributed by atoms with van der Waals surface area (Å²) in [6.07, 6.45) is 0.897. The molecule has 0 aromatic rings. The molecule has 0 aliphatic heterocycles. The summed E-state index contributed by atoms with van der Waals surface area (Å²) < 4.78 is 0. The van der Waals surface area contributed by atoms with Crippen molar-refractivity contribution in [3.8, 4) is 0 Å². The number of hydrogen-bond acceptors (Lipinski definition) is 4. The smallest absolute Gasteiger partial charge is 0.237 e. The average molecular weight is 166 g/mol. The zero-order chi connectivity index (χ0) is 8.20. The summed E-state index contributed by atoms with van der Waals surface area (Å²) in [6.45, 7) is 1.96. The predicted molar refractivity (Wildman–Crippen MR) is 41.7 cm³/mol. The molecule has 0 aromatic heterocycles. The van der Waals surface area contributed by atoms with Crippen LogP contribution in [0.25, 0.3) is 0 Å². The minimum absolute atomic E-state index is 0.368. The fourth-order valence-electron chi connectivity index (χ4n) is 0.591. The minimum Gasteiger partial charge on any atom is -0.387 e. The SMILES string of the molecule is CCCCC(O)C(O)(O)S. The molecule has 0 aromatic carbocycles. The van der Waals surface area contributed by atoms with Crippen molar-refractivity contribution < 1.29 is 15.3 Å². The number of aliphatic hydroxyl groups is 3. The van der Waals surface area contributed by atoms with Crippen LogP contribution in [0.1, 0.15) is 26.2 Å². The van der Waals surface area contributed by atoms with Crippen LogP contribution < -0.4 is 0 Å². The van der Waals surface area contributed by atoms with Crippen molar-refractivity contribution in [2.75, 3.05) is 0 Å². The molecule has 0 bridgehead atoms. The van der Waals surface area contributed by atoms with Gasteiger partial charge in [-0.25, -0.2) is 0 Å². The average Bonchev–Trinajstić information content (AvgIpc) is 1.80. The fourth-order valence-corrected chi connectivity index (χ4v) is 0.720. The van der Waals surface area contributed by atoms with Crippen molar-refractivity contribution in [1.29, 1.82) is 0 Å². The molecular weight excluding hydrogens is 152 g/mol. The maximum absolute atomic E-state index is 8.94. The molecular formula is C6H14O3S. The highest BCUT2D eigenvalue weighted by atomic mass is 32.1. The van der Waals surface area contributed by atoms with E-state index in [0.29, 0.717) is 6.42 Å². The van der Waals surface area contributed by atoms with Gasteiger partial charge in [-0.05, 0) is 6.42 Å². The molecule has 62 valence electrons. The Bertz CT molecular complexity index is 89.5. The molecule has 10 heavy (non-hydrogen) atoms. The van der Waals surface area contributed by atoms with E-state index in [2.05, 4.69) is 12.6 Å². The van der Waals surface area contributed by atoms with Gasteiger partial charge in [-0.2, -0.15) is 0 Å². The van der Waals surface area contributed by atoms with Gasteiger partial charge < -0.3 is 15.3 Å². The molecule has 0 rings (SSSR count). The third-order valence-electron chi connectivity index (χ3n) is 1.28. The van der Waals surface area contributed by atoms with Crippen molar-refractivity contribution in [3.63, 3.8) is 0 Å². The largest absolute Gasteiger partial charge is 0.387 e. The van der Waals surface area contributed by atoms with E-state index in [1.165, 1.54) is 0 Å². The van der Waals surface area contributed by atoms with Gasteiger partial charge in [-0.15, -0.1) is 12.6 Å². The molecule has 1 unspecified atom stereocenters. The first kappa shape index (κ1) is 10.2. The molecule has 3 nitrogen and oxygen atoms in total. The standard InChI is InChI=1S/C6H14O3S/c1-2-3-4-5(7)6(8,9)10/h5,7-10H,2-4H2,1H3. The van der Waals surface area contributed by atoms with Crippen LogP contribution in [-0.2, 0) is 0 Å². The Hall–Kier alpha value is 0.230. The van der Waals surface area contributed by atoms with E-state index < -0.39 is 11.2 Å². The van der Waals surface area contributed by atoms with Crippen molar-refractivity contribution >= 4 is 12.6 Å². The van der Waals surface area contributed by atoms with Crippen molar-refractivity contribution in [3.05, 3.63) is 0 Å². The first-order chi connectivity index (χ1) is 4.48. The molecule has 0 fully saturated rings. The van der Waals surface area contributed by atoms with E-state index >= 15 is 0 Å². The Morgan fingerprint density at radius 2 is 2.00 bits per heavy atom. The second-order valence-corrected chi connectivity index (χ2v) is 3.00. The maximum atomic E-state index is 8.94. The van der Waals surface area contributed by atoms with Crippen LogP contribution in [0.5, 0.6) is 0 Å². The molecule has 0 radical (unpaired) electrons. The van der Waals surface area contributed by atoms with Gasteiger partial charge in [0.15, 0.2) is 0 Å². The van der Waals surface area contributed by atoms with Crippen LogP contribution in [0, 0.1) is 0 Å². The molecule has 0 spiro atoms. The van der Waals surface area contributed by atoms with E-state index in [-0.39, 0.29) is 0 Å². The zero-order valence-corrected chi connectivity index (χ0v) is 6.88. The molecule has 4 heteroatoms. The summed E-state index contributed by atoms with van der Waals surface area (Å²) in [4.78, 5) is 0. The fraction of sp³-hybridized carbons (Fsp3) is 1.00. The summed E-state index contributed by atoms with van der Waals surface area (Å²) >= 11 is 3.38. The lowest BCUT2D eigenvalue weighted by Gasteiger charge is -2.21. The van der Waals surface area contributed by atoms with Gasteiger partial charge >= 0.3 is 0 Å². The summed E-state index contributed by atoms with van der Waals surface area (Å²) in [6, 6.07) is 0. The van der Waals surface area contributed by atoms with Crippen LogP contribution in [-0.4, -0.2) is 26.5 Å². The second-order valence-electron chi connectivity index (χ2n) is 2.35. The zero-order valence-electron chi connectivity index (χ0n) is 5.99. The summed E-state index contributed by atoms with van der Waals surface area (Å²) in [7, 11) is 0. The van der Waals surface area contributed by atoms with Crippen molar-refractivity contribution in [2.45, 2.75) is 37.4 Å². The highest BCUT2D eigenvalue weighted by molar-refractivity contribution is 7.81. The normalized spacial score (nSPS) is 15.3. The highest BCUT2D eigenvalue weighted by Crippen LogP contribution is 2.15. The molecule has 0 saturated carbocycles. The summed E-state index contributed by atoms with van der Waals surface area (Å²) in [5.74, 6) is 0. The number of rotatable bonds is 4. The van der Waals surface area contributed by atoms with Gasteiger partial charge in [0.2, 0.25) is 5.12 Å². The molecule has 0 heterocycles. The molecule has 0 amide bonds. The van der Waals surface area contributed by atoms with Gasteiger partial charge in [0.1, 0.15) is 6.10 Å². The lowest BCUT2D eigenvalue weighted by molar-refractivity contribution is -0.153. The van der Waals surface area contributed by atoms with Crippen LogP contribution in [0.4, 0.5) is 0 Å². The number of unbranched alkanes of at least 4 members (excludes halogenated alkanes) is 1. The minimum atomic E-state index is -2.24. The molecule has 0 aliphatic rings. The topological polar surface area (TPSA) is 60.7 Å². The van der Waals surface area contributed by atoms with E-state index in [1.54, 1.807) is 0 Å². The van der Waals surface area contributed by atoms with Gasteiger partial charge in [0.25, 0.3) is 0 Å². The van der Waals surface area contributed by atoms with E-state index in [4.69, 9.17) is 15.3 Å². The van der Waals surface area contributed by atoms with Gasteiger partial charge in [0.05, 0.1) is 0 Å². The van der Waals surface area contributed by atoms with Gasteiger partial charge in [0, 0.05) is 0 Å². The second kappa shape index (κ2) is 4.18. The molecule has 1 atom stereocenters. The quantitative estimate of drug-likeness (QED) is 0.354. The first-order valence-electron chi connectivity index (χ1n) is 3.33. The van der Waals surface area contributed by atoms with Crippen molar-refractivity contribution in [2.24, 2.45) is 0 Å². The van der Waals surface area contributed by atoms with Crippen LogP contribution in [0.15, 0.2) is 0 Å². The summed E-state index contributed by atoms with van der Waals surface area (Å²) in [5, 5.41) is 24.1. The third kappa shape index (κ3) is 4.11. The van der Waals surface area contributed by atoms with Crippen LogP contribution in [0.2, 0.25) is 0 Å². The van der Waals surface area contributed by atoms with Crippen LogP contribution in [0.3, 0.4) is 0 Å². The van der Waals surface area contributed by atoms with Gasteiger partial charge in [-0.1, -0.05) is 19.8 Å². The van der Waals surface area contributed by atoms with Crippen molar-refractivity contribution in [1.82, 2.24) is 0 Å². The lowest BCUT2D eigenvalue weighted by atomic mass is 10.1. The molecule has 0 aliphatic carbocycles. The van der Waals surface area contributed by atoms with Crippen LogP contribution >= 0.6 is 12.6 Å². The number of aliphatic hydroxyl groups excluding tert-OH is 1. The highest BCUT2D eigenvalue weighted by Gasteiger charge is 2.27. The Balaban J connectivity index is 3.52. The Labute approximate surface area is 66.1 Å². The third-order valence-corrected chi connectivity index (χ3v) is 1.58. The molecule has 3 N–H and O–H groups in total. The number of thiol groups is 1. The van der Waals surface area contributed by atoms with E-state index in [9.17, 15) is 0 Å². The van der Waals surface area contributed by atoms with Gasteiger partial charge in [-0.3, -0.25) is 0 Å². The van der Waals surface area contributed by atoms with E-state index in [0.717, 1.165) is 12.8 Å². The summed E-state index contributed by atoms with van der Waals surface area (Å²) in [5.41, 5.74) is 0. The van der Waals surface area contributed by atoms with E-state index in [1.807, 2.05) is 6.92 Å². The Morgan fingerprint density at radius 3 is 2.30 bits per heavy atom. The Morgan fingerprint density at radius 1 is 1.50 bits per heavy atom. The maximum Gasteiger partial charge on any atom is 0.237 e. The Kier molecular flexibility index (Phi) is 4.28. The lowest BCUT2D eigenvalue weighted by Crippen LogP contribution is -2.36. The predicted octanol–water partition coefficient (Wildman–Crippen LogP) is 0.106. The number of hydrogen-bond donors (Lipinski definition) is 4. The first-order valence-corrected chi connectivity index (χ1v) is 3.78. The monoisotopic (exact) mass is 166 g/mol. The molecule has 0 saturated heterocycles.